The van der Waals surface area contributed by atoms with Gasteiger partial charge in [-0.2, -0.15) is 0 Å². The molecule has 3 nitrogen and oxygen atoms in total. The zero-order valence-electron chi connectivity index (χ0n) is 9.50. The minimum absolute atomic E-state index is 0.759. The van der Waals surface area contributed by atoms with Gasteiger partial charge in [0.15, 0.2) is 0 Å². The molecule has 1 heterocycles. The van der Waals surface area contributed by atoms with Crippen LogP contribution in [0.1, 0.15) is 6.42 Å². The van der Waals surface area contributed by atoms with Crippen LogP contribution in [0.4, 0.5) is 0 Å². The molecular formula is C11H23N3. The van der Waals surface area contributed by atoms with Crippen molar-refractivity contribution >= 4 is 0 Å². The fourth-order valence-electron chi connectivity index (χ4n) is 1.88. The number of likely N-dealkylation sites (N-methyl/N-ethyl adjacent to an activating group) is 1. The first kappa shape index (κ1) is 11.7. The van der Waals surface area contributed by atoms with Crippen LogP contribution in [-0.2, 0) is 0 Å². The Morgan fingerprint density at radius 3 is 2.93 bits per heavy atom. The smallest absolute Gasteiger partial charge is 0.0229 e. The summed E-state index contributed by atoms with van der Waals surface area (Å²) in [5, 5.41) is 3.33. The van der Waals surface area contributed by atoms with E-state index in [0.29, 0.717) is 0 Å². The summed E-state index contributed by atoms with van der Waals surface area (Å²) in [6.45, 7) is 9.32. The number of likely N-dealkylation sites (tertiary alicyclic amines) is 1. The summed E-state index contributed by atoms with van der Waals surface area (Å²) in [4.78, 5) is 4.86. The minimum Gasteiger partial charge on any atom is -0.312 e. The van der Waals surface area contributed by atoms with Gasteiger partial charge in [0.05, 0.1) is 0 Å². The summed E-state index contributed by atoms with van der Waals surface area (Å²) in [6.07, 6.45) is 3.22. The summed E-state index contributed by atoms with van der Waals surface area (Å²) in [6, 6.07) is 0.759. The van der Waals surface area contributed by atoms with Crippen molar-refractivity contribution in [2.75, 3.05) is 46.8 Å². The van der Waals surface area contributed by atoms with E-state index < -0.39 is 0 Å². The van der Waals surface area contributed by atoms with E-state index in [2.05, 4.69) is 35.8 Å². The molecule has 82 valence electrons. The van der Waals surface area contributed by atoms with Gasteiger partial charge in [0, 0.05) is 32.2 Å². The average Bonchev–Trinajstić information content (AvgIpc) is 2.61. The SMILES string of the molecule is C=CCNCCN1CCC(N(C)C)C1. The number of rotatable bonds is 6. The molecule has 0 aromatic rings. The van der Waals surface area contributed by atoms with Crippen molar-refractivity contribution in [2.45, 2.75) is 12.5 Å². The van der Waals surface area contributed by atoms with E-state index in [4.69, 9.17) is 0 Å². The predicted octanol–water partition coefficient (Wildman–Crippen LogP) is 0.398. The van der Waals surface area contributed by atoms with Crippen LogP contribution in [-0.4, -0.2) is 62.7 Å². The monoisotopic (exact) mass is 197 g/mol. The summed E-state index contributed by atoms with van der Waals surface area (Å²) in [7, 11) is 4.34. The lowest BCUT2D eigenvalue weighted by atomic mass is 10.2. The van der Waals surface area contributed by atoms with Gasteiger partial charge >= 0.3 is 0 Å². The third-order valence-electron chi connectivity index (χ3n) is 2.87. The van der Waals surface area contributed by atoms with Crippen molar-refractivity contribution in [3.05, 3.63) is 12.7 Å². The summed E-state index contributed by atoms with van der Waals surface area (Å²) in [5.41, 5.74) is 0. The molecule has 0 saturated carbocycles. The van der Waals surface area contributed by atoms with Gasteiger partial charge < -0.3 is 15.1 Å². The van der Waals surface area contributed by atoms with Gasteiger partial charge in [-0.1, -0.05) is 6.08 Å². The molecule has 0 amide bonds. The standard InChI is InChI=1S/C11H23N3/c1-4-6-12-7-9-14-8-5-11(10-14)13(2)3/h4,11-12H,1,5-10H2,2-3H3. The van der Waals surface area contributed by atoms with E-state index in [1.165, 1.54) is 19.5 Å². The van der Waals surface area contributed by atoms with Crippen molar-refractivity contribution < 1.29 is 0 Å². The summed E-state index contributed by atoms with van der Waals surface area (Å²) in [5.74, 6) is 0. The molecule has 3 heteroatoms. The van der Waals surface area contributed by atoms with Crippen LogP contribution < -0.4 is 5.32 Å². The van der Waals surface area contributed by atoms with E-state index in [0.717, 1.165) is 25.7 Å². The summed E-state index contributed by atoms with van der Waals surface area (Å²) >= 11 is 0. The molecule has 0 aliphatic carbocycles. The molecule has 1 aliphatic rings. The molecule has 0 aromatic carbocycles. The van der Waals surface area contributed by atoms with Crippen molar-refractivity contribution in [1.82, 2.24) is 15.1 Å². The Morgan fingerprint density at radius 1 is 1.57 bits per heavy atom. The number of nitrogens with zero attached hydrogens (tertiary/aromatic N) is 2. The molecular weight excluding hydrogens is 174 g/mol. The van der Waals surface area contributed by atoms with Gasteiger partial charge in [-0.15, -0.1) is 6.58 Å². The van der Waals surface area contributed by atoms with Crippen LogP contribution in [0.5, 0.6) is 0 Å². The van der Waals surface area contributed by atoms with E-state index in [1.807, 2.05) is 6.08 Å². The highest BCUT2D eigenvalue weighted by Crippen LogP contribution is 2.11. The second-order valence-electron chi connectivity index (χ2n) is 4.20. The van der Waals surface area contributed by atoms with Gasteiger partial charge in [0.2, 0.25) is 0 Å². The topological polar surface area (TPSA) is 18.5 Å². The average molecular weight is 197 g/mol. The zero-order valence-corrected chi connectivity index (χ0v) is 9.50. The zero-order chi connectivity index (χ0) is 10.4. The molecule has 1 rings (SSSR count). The lowest BCUT2D eigenvalue weighted by Crippen LogP contribution is -2.34. The molecule has 14 heavy (non-hydrogen) atoms. The summed E-state index contributed by atoms with van der Waals surface area (Å²) < 4.78 is 0. The Bertz CT molecular complexity index is 168. The van der Waals surface area contributed by atoms with Crippen LogP contribution in [0.2, 0.25) is 0 Å². The van der Waals surface area contributed by atoms with E-state index in [9.17, 15) is 0 Å². The van der Waals surface area contributed by atoms with Crippen molar-refractivity contribution in [1.29, 1.82) is 0 Å². The molecule has 1 aliphatic heterocycles. The molecule has 0 bridgehead atoms. The molecule has 1 atom stereocenters. The first-order valence-corrected chi connectivity index (χ1v) is 5.44. The Labute approximate surface area is 87.8 Å². The highest BCUT2D eigenvalue weighted by Gasteiger charge is 2.22. The van der Waals surface area contributed by atoms with Crippen LogP contribution >= 0.6 is 0 Å². The molecule has 1 unspecified atom stereocenters. The predicted molar refractivity (Wildman–Crippen MR) is 61.6 cm³/mol. The van der Waals surface area contributed by atoms with E-state index in [-0.39, 0.29) is 0 Å². The van der Waals surface area contributed by atoms with Gasteiger partial charge in [-0.3, -0.25) is 0 Å². The van der Waals surface area contributed by atoms with Gasteiger partial charge in [0.25, 0.3) is 0 Å². The maximum absolute atomic E-state index is 3.68. The quantitative estimate of drug-likeness (QED) is 0.491. The second-order valence-corrected chi connectivity index (χ2v) is 4.20. The first-order valence-electron chi connectivity index (χ1n) is 5.44. The second kappa shape index (κ2) is 6.17. The third kappa shape index (κ3) is 3.78. The van der Waals surface area contributed by atoms with Gasteiger partial charge in [0.1, 0.15) is 0 Å². The Morgan fingerprint density at radius 2 is 2.36 bits per heavy atom. The van der Waals surface area contributed by atoms with Crippen LogP contribution in [0, 0.1) is 0 Å². The third-order valence-corrected chi connectivity index (χ3v) is 2.87. The van der Waals surface area contributed by atoms with Crippen molar-refractivity contribution in [3.8, 4) is 0 Å². The largest absolute Gasteiger partial charge is 0.312 e. The van der Waals surface area contributed by atoms with Crippen molar-refractivity contribution in [3.63, 3.8) is 0 Å². The maximum atomic E-state index is 3.68. The molecule has 1 fully saturated rings. The van der Waals surface area contributed by atoms with E-state index >= 15 is 0 Å². The minimum atomic E-state index is 0.759. The Balaban J connectivity index is 2.07. The normalized spacial score (nSPS) is 23.2. The molecule has 0 aromatic heterocycles. The van der Waals surface area contributed by atoms with E-state index in [1.54, 1.807) is 0 Å². The molecule has 1 N–H and O–H groups in total. The lowest BCUT2D eigenvalue weighted by molar-refractivity contribution is 0.269. The van der Waals surface area contributed by atoms with Crippen molar-refractivity contribution in [2.24, 2.45) is 0 Å². The fourth-order valence-corrected chi connectivity index (χ4v) is 1.88. The van der Waals surface area contributed by atoms with Gasteiger partial charge in [-0.25, -0.2) is 0 Å². The molecule has 1 saturated heterocycles. The first-order chi connectivity index (χ1) is 6.74. The fraction of sp³-hybridized carbons (Fsp3) is 0.818. The van der Waals surface area contributed by atoms with Gasteiger partial charge in [-0.05, 0) is 27.1 Å². The number of hydrogen-bond acceptors (Lipinski definition) is 3. The van der Waals surface area contributed by atoms with Crippen LogP contribution in [0.25, 0.3) is 0 Å². The highest BCUT2D eigenvalue weighted by molar-refractivity contribution is 4.81. The lowest BCUT2D eigenvalue weighted by Gasteiger charge is -2.20. The number of nitrogens with one attached hydrogen (secondary N) is 1. The Hall–Kier alpha value is -0.380. The van der Waals surface area contributed by atoms with Crippen LogP contribution in [0.15, 0.2) is 12.7 Å². The number of hydrogen-bond donors (Lipinski definition) is 1. The highest BCUT2D eigenvalue weighted by atomic mass is 15.2. The molecule has 0 spiro atoms. The maximum Gasteiger partial charge on any atom is 0.0229 e. The molecule has 0 radical (unpaired) electrons. The Kier molecular flexibility index (Phi) is 5.15. The van der Waals surface area contributed by atoms with Crippen LogP contribution in [0.3, 0.4) is 0 Å².